The second-order valence-corrected chi connectivity index (χ2v) is 6.09. The predicted octanol–water partition coefficient (Wildman–Crippen LogP) is 3.11. The summed E-state index contributed by atoms with van der Waals surface area (Å²) in [5, 5.41) is 0. The molecule has 0 amide bonds. The van der Waals surface area contributed by atoms with Crippen molar-refractivity contribution in [1.29, 1.82) is 0 Å². The van der Waals surface area contributed by atoms with Crippen LogP contribution in [0.5, 0.6) is 0 Å². The lowest BCUT2D eigenvalue weighted by molar-refractivity contribution is -0.141. The van der Waals surface area contributed by atoms with Crippen LogP contribution in [-0.4, -0.2) is 24.6 Å². The molecule has 2 nitrogen and oxygen atoms in total. The van der Waals surface area contributed by atoms with Gasteiger partial charge in [-0.2, -0.15) is 11.8 Å². The van der Waals surface area contributed by atoms with Crippen molar-refractivity contribution in [2.45, 2.75) is 39.5 Å². The van der Waals surface area contributed by atoms with Crippen LogP contribution in [0.3, 0.4) is 0 Å². The number of methoxy groups -OCH3 is 1. The van der Waals surface area contributed by atoms with Gasteiger partial charge in [0.25, 0.3) is 0 Å². The largest absolute Gasteiger partial charge is 0.469 e. The Morgan fingerprint density at radius 3 is 2.60 bits per heavy atom. The molecule has 0 heterocycles. The highest BCUT2D eigenvalue weighted by Gasteiger charge is 2.44. The Hall–Kier alpha value is -0.180. The first kappa shape index (κ1) is 12.9. The van der Waals surface area contributed by atoms with E-state index in [0.717, 1.165) is 11.7 Å². The molecule has 0 bridgehead atoms. The standard InChI is InChI=1S/C12H22O2S/c1-10(2)4-7-15-9-12(5-6-12)8-11(13)14-3/h10H,4-9H2,1-3H3. The molecule has 1 aliphatic rings. The predicted molar refractivity (Wildman–Crippen MR) is 65.1 cm³/mol. The first-order valence-electron chi connectivity index (χ1n) is 5.72. The van der Waals surface area contributed by atoms with Crippen molar-refractivity contribution in [2.75, 3.05) is 18.6 Å². The normalized spacial score (nSPS) is 17.9. The van der Waals surface area contributed by atoms with Crippen molar-refractivity contribution in [3.05, 3.63) is 0 Å². The summed E-state index contributed by atoms with van der Waals surface area (Å²) in [6, 6.07) is 0. The summed E-state index contributed by atoms with van der Waals surface area (Å²) in [6.07, 6.45) is 4.31. The van der Waals surface area contributed by atoms with E-state index >= 15 is 0 Å². The van der Waals surface area contributed by atoms with Crippen LogP contribution in [0.4, 0.5) is 0 Å². The van der Waals surface area contributed by atoms with Crippen molar-refractivity contribution in [2.24, 2.45) is 11.3 Å². The van der Waals surface area contributed by atoms with Gasteiger partial charge in [0, 0.05) is 0 Å². The SMILES string of the molecule is COC(=O)CC1(CSCCC(C)C)CC1. The highest BCUT2D eigenvalue weighted by Crippen LogP contribution is 2.51. The van der Waals surface area contributed by atoms with Crippen LogP contribution in [0.25, 0.3) is 0 Å². The number of ether oxygens (including phenoxy) is 1. The molecule has 0 saturated heterocycles. The number of hydrogen-bond acceptors (Lipinski definition) is 3. The second-order valence-electron chi connectivity index (χ2n) is 4.99. The molecular formula is C12H22O2S. The maximum absolute atomic E-state index is 11.2. The van der Waals surface area contributed by atoms with Gasteiger partial charge < -0.3 is 4.74 Å². The minimum atomic E-state index is -0.0445. The summed E-state index contributed by atoms with van der Waals surface area (Å²) in [4.78, 5) is 11.2. The quantitative estimate of drug-likeness (QED) is 0.496. The fourth-order valence-electron chi connectivity index (χ4n) is 1.53. The van der Waals surface area contributed by atoms with E-state index in [4.69, 9.17) is 4.74 Å². The van der Waals surface area contributed by atoms with Crippen LogP contribution in [0.15, 0.2) is 0 Å². The number of carbonyl (C=O) groups excluding carboxylic acids is 1. The minimum Gasteiger partial charge on any atom is -0.469 e. The van der Waals surface area contributed by atoms with Crippen LogP contribution in [0, 0.1) is 11.3 Å². The van der Waals surface area contributed by atoms with Gasteiger partial charge >= 0.3 is 5.97 Å². The van der Waals surface area contributed by atoms with Gasteiger partial charge in [0.1, 0.15) is 0 Å². The zero-order valence-corrected chi connectivity index (χ0v) is 10.9. The third-order valence-electron chi connectivity index (χ3n) is 2.95. The molecule has 1 fully saturated rings. The smallest absolute Gasteiger partial charge is 0.306 e. The molecule has 1 rings (SSSR count). The topological polar surface area (TPSA) is 26.3 Å². The Bertz CT molecular complexity index is 210. The lowest BCUT2D eigenvalue weighted by Crippen LogP contribution is -2.13. The van der Waals surface area contributed by atoms with E-state index in [0.29, 0.717) is 11.8 Å². The molecule has 3 heteroatoms. The van der Waals surface area contributed by atoms with E-state index in [1.807, 2.05) is 11.8 Å². The Morgan fingerprint density at radius 2 is 2.13 bits per heavy atom. The zero-order valence-electron chi connectivity index (χ0n) is 10.0. The second kappa shape index (κ2) is 5.78. The molecule has 0 aliphatic heterocycles. The third kappa shape index (κ3) is 4.92. The Balaban J connectivity index is 2.12. The Labute approximate surface area is 97.1 Å². The van der Waals surface area contributed by atoms with Gasteiger partial charge in [0.15, 0.2) is 0 Å². The Kier molecular flexibility index (Phi) is 4.97. The van der Waals surface area contributed by atoms with Crippen LogP contribution in [0.2, 0.25) is 0 Å². The lowest BCUT2D eigenvalue weighted by atomic mass is 10.1. The summed E-state index contributed by atoms with van der Waals surface area (Å²) >= 11 is 2.00. The first-order valence-corrected chi connectivity index (χ1v) is 6.88. The average molecular weight is 230 g/mol. The molecule has 0 aromatic rings. The number of carbonyl (C=O) groups is 1. The van der Waals surface area contributed by atoms with E-state index in [-0.39, 0.29) is 5.97 Å². The summed E-state index contributed by atoms with van der Waals surface area (Å²) in [5.41, 5.74) is 0.300. The molecule has 0 aromatic carbocycles. The first-order chi connectivity index (χ1) is 7.08. The van der Waals surface area contributed by atoms with E-state index in [2.05, 4.69) is 13.8 Å². The van der Waals surface area contributed by atoms with Crippen LogP contribution in [-0.2, 0) is 9.53 Å². The van der Waals surface area contributed by atoms with Crippen molar-refractivity contribution in [3.63, 3.8) is 0 Å². The molecule has 0 aromatic heterocycles. The van der Waals surface area contributed by atoms with Gasteiger partial charge in [-0.3, -0.25) is 4.79 Å². The third-order valence-corrected chi connectivity index (χ3v) is 4.29. The summed E-state index contributed by atoms with van der Waals surface area (Å²) in [7, 11) is 1.48. The van der Waals surface area contributed by atoms with E-state index in [1.54, 1.807) is 0 Å². The van der Waals surface area contributed by atoms with E-state index in [1.165, 1.54) is 32.1 Å². The molecule has 88 valence electrons. The highest BCUT2D eigenvalue weighted by molar-refractivity contribution is 7.99. The molecule has 1 saturated carbocycles. The summed E-state index contributed by atoms with van der Waals surface area (Å²) in [6.45, 7) is 4.50. The Morgan fingerprint density at radius 1 is 1.47 bits per heavy atom. The van der Waals surface area contributed by atoms with Gasteiger partial charge in [-0.05, 0) is 42.1 Å². The monoisotopic (exact) mass is 230 g/mol. The van der Waals surface area contributed by atoms with Gasteiger partial charge in [-0.1, -0.05) is 13.8 Å². The number of hydrogen-bond donors (Lipinski definition) is 0. The average Bonchev–Trinajstić information content (AvgIpc) is 2.93. The van der Waals surface area contributed by atoms with Gasteiger partial charge in [0.05, 0.1) is 13.5 Å². The fraction of sp³-hybridized carbons (Fsp3) is 0.917. The van der Waals surface area contributed by atoms with Crippen molar-refractivity contribution in [1.82, 2.24) is 0 Å². The molecular weight excluding hydrogens is 208 g/mol. The number of esters is 1. The molecule has 0 unspecified atom stereocenters. The maximum atomic E-state index is 11.2. The van der Waals surface area contributed by atoms with Crippen molar-refractivity contribution < 1.29 is 9.53 Å². The number of rotatable bonds is 7. The highest BCUT2D eigenvalue weighted by atomic mass is 32.2. The van der Waals surface area contributed by atoms with Gasteiger partial charge in [-0.15, -0.1) is 0 Å². The van der Waals surface area contributed by atoms with E-state index in [9.17, 15) is 4.79 Å². The van der Waals surface area contributed by atoms with Gasteiger partial charge in [-0.25, -0.2) is 0 Å². The van der Waals surface area contributed by atoms with E-state index < -0.39 is 0 Å². The molecule has 0 atom stereocenters. The van der Waals surface area contributed by atoms with Crippen LogP contribution in [0.1, 0.15) is 39.5 Å². The molecule has 0 radical (unpaired) electrons. The van der Waals surface area contributed by atoms with Gasteiger partial charge in [0.2, 0.25) is 0 Å². The molecule has 0 N–H and O–H groups in total. The fourth-order valence-corrected chi connectivity index (χ4v) is 3.14. The van der Waals surface area contributed by atoms with Crippen molar-refractivity contribution in [3.8, 4) is 0 Å². The molecule has 0 spiro atoms. The van der Waals surface area contributed by atoms with Crippen molar-refractivity contribution >= 4 is 17.7 Å². The molecule has 15 heavy (non-hydrogen) atoms. The lowest BCUT2D eigenvalue weighted by Gasteiger charge is -2.13. The van der Waals surface area contributed by atoms with Crippen LogP contribution >= 0.6 is 11.8 Å². The minimum absolute atomic E-state index is 0.0445. The zero-order chi connectivity index (χ0) is 11.3. The molecule has 1 aliphatic carbocycles. The maximum Gasteiger partial charge on any atom is 0.306 e. The summed E-state index contributed by atoms with van der Waals surface area (Å²) in [5.74, 6) is 3.10. The van der Waals surface area contributed by atoms with Crippen LogP contribution < -0.4 is 0 Å². The summed E-state index contributed by atoms with van der Waals surface area (Å²) < 4.78 is 4.72. The number of thioether (sulfide) groups is 1.